The Morgan fingerprint density at radius 1 is 1.24 bits per heavy atom. The van der Waals surface area contributed by atoms with E-state index in [0.29, 0.717) is 5.82 Å². The van der Waals surface area contributed by atoms with Gasteiger partial charge in [0.15, 0.2) is 0 Å². The Bertz CT molecular complexity index is 560. The van der Waals surface area contributed by atoms with E-state index in [1.165, 1.54) is 24.0 Å². The number of H-pyrrole nitrogens is 1. The lowest BCUT2D eigenvalue weighted by molar-refractivity contribution is 0.686. The Morgan fingerprint density at radius 3 is 2.82 bits per heavy atom. The number of fused-ring (bicyclic) bond motifs is 1. The third-order valence-electron chi connectivity index (χ3n) is 3.39. The smallest absolute Gasteiger partial charge is 0.126 e. The van der Waals surface area contributed by atoms with E-state index >= 15 is 0 Å². The number of rotatable bonds is 1. The van der Waals surface area contributed by atoms with Crippen LogP contribution in [0.5, 0.6) is 0 Å². The van der Waals surface area contributed by atoms with Gasteiger partial charge in [0.2, 0.25) is 0 Å². The van der Waals surface area contributed by atoms with Crippen LogP contribution in [0.3, 0.4) is 0 Å². The number of aromatic amines is 1. The van der Waals surface area contributed by atoms with Gasteiger partial charge in [-0.1, -0.05) is 17.7 Å². The highest BCUT2D eigenvalue weighted by Gasteiger charge is 2.15. The van der Waals surface area contributed by atoms with Gasteiger partial charge >= 0.3 is 0 Å². The molecular formula is C13H14ClN3. The number of nitrogens with two attached hydrogens (primary N) is 1. The predicted octanol–water partition coefficient (Wildman–Crippen LogP) is 3.19. The summed E-state index contributed by atoms with van der Waals surface area (Å²) in [5, 5.41) is 7.56. The molecule has 3 rings (SSSR count). The highest BCUT2D eigenvalue weighted by Crippen LogP contribution is 2.34. The second-order valence-electron chi connectivity index (χ2n) is 4.50. The summed E-state index contributed by atoms with van der Waals surface area (Å²) in [7, 11) is 0. The fourth-order valence-corrected chi connectivity index (χ4v) is 2.83. The minimum Gasteiger partial charge on any atom is -0.384 e. The van der Waals surface area contributed by atoms with E-state index in [1.54, 1.807) is 6.20 Å². The molecule has 0 unspecified atom stereocenters. The molecule has 88 valence electrons. The van der Waals surface area contributed by atoms with Crippen LogP contribution in [0.15, 0.2) is 18.3 Å². The zero-order chi connectivity index (χ0) is 11.8. The monoisotopic (exact) mass is 247 g/mol. The van der Waals surface area contributed by atoms with Gasteiger partial charge in [-0.2, -0.15) is 5.10 Å². The van der Waals surface area contributed by atoms with Crippen molar-refractivity contribution in [2.24, 2.45) is 0 Å². The van der Waals surface area contributed by atoms with E-state index in [4.69, 9.17) is 17.3 Å². The van der Waals surface area contributed by atoms with Crippen LogP contribution in [0.4, 0.5) is 5.82 Å². The highest BCUT2D eigenvalue weighted by atomic mass is 35.5. The standard InChI is InChI=1S/C13H14ClN3/c14-12-6-9(11-7-16-17-13(11)15)5-8-3-1-2-4-10(8)12/h5-7H,1-4H2,(H3,15,16,17). The molecule has 2 aromatic rings. The van der Waals surface area contributed by atoms with Crippen molar-refractivity contribution in [3.8, 4) is 11.1 Å². The SMILES string of the molecule is Nc1[nH]ncc1-c1cc(Cl)c2c(c1)CCCC2. The van der Waals surface area contributed by atoms with Crippen molar-refractivity contribution in [1.29, 1.82) is 0 Å². The quantitative estimate of drug-likeness (QED) is 0.813. The van der Waals surface area contributed by atoms with Crippen LogP contribution in [0.2, 0.25) is 5.02 Å². The first-order valence-corrected chi connectivity index (χ1v) is 6.24. The molecule has 1 aromatic heterocycles. The number of hydrogen-bond donors (Lipinski definition) is 2. The summed E-state index contributed by atoms with van der Waals surface area (Å²) in [4.78, 5) is 0. The Balaban J connectivity index is 2.14. The minimum absolute atomic E-state index is 0.594. The number of nitrogen functional groups attached to an aromatic ring is 1. The Hall–Kier alpha value is -1.48. The third kappa shape index (κ3) is 1.80. The maximum absolute atomic E-state index is 6.35. The van der Waals surface area contributed by atoms with E-state index in [-0.39, 0.29) is 0 Å². The van der Waals surface area contributed by atoms with E-state index in [2.05, 4.69) is 16.3 Å². The molecule has 0 radical (unpaired) electrons. The first-order chi connectivity index (χ1) is 8.25. The van der Waals surface area contributed by atoms with Crippen LogP contribution in [0, 0.1) is 0 Å². The zero-order valence-electron chi connectivity index (χ0n) is 9.46. The summed E-state index contributed by atoms with van der Waals surface area (Å²) >= 11 is 6.35. The van der Waals surface area contributed by atoms with E-state index in [0.717, 1.165) is 29.0 Å². The van der Waals surface area contributed by atoms with Crippen LogP contribution in [-0.2, 0) is 12.8 Å². The number of aromatic nitrogens is 2. The summed E-state index contributed by atoms with van der Waals surface area (Å²) in [6.45, 7) is 0. The van der Waals surface area contributed by atoms with Gasteiger partial charge < -0.3 is 5.73 Å². The number of benzene rings is 1. The second kappa shape index (κ2) is 4.08. The van der Waals surface area contributed by atoms with Crippen molar-refractivity contribution < 1.29 is 0 Å². The molecule has 3 nitrogen and oxygen atoms in total. The minimum atomic E-state index is 0.594. The Labute approximate surface area is 105 Å². The van der Waals surface area contributed by atoms with Gasteiger partial charge in [-0.3, -0.25) is 5.10 Å². The molecule has 0 saturated heterocycles. The molecule has 0 atom stereocenters. The normalized spacial score (nSPS) is 14.6. The molecule has 1 heterocycles. The van der Waals surface area contributed by atoms with E-state index < -0.39 is 0 Å². The lowest BCUT2D eigenvalue weighted by Gasteiger charge is -2.18. The average molecular weight is 248 g/mol. The molecule has 0 aliphatic heterocycles. The molecule has 1 aliphatic rings. The fourth-order valence-electron chi connectivity index (χ4n) is 2.50. The summed E-state index contributed by atoms with van der Waals surface area (Å²) < 4.78 is 0. The molecule has 1 aromatic carbocycles. The molecule has 0 amide bonds. The molecule has 0 saturated carbocycles. The molecule has 17 heavy (non-hydrogen) atoms. The van der Waals surface area contributed by atoms with Crippen molar-refractivity contribution in [2.75, 3.05) is 5.73 Å². The van der Waals surface area contributed by atoms with Gasteiger partial charge in [0, 0.05) is 10.6 Å². The second-order valence-corrected chi connectivity index (χ2v) is 4.91. The summed E-state index contributed by atoms with van der Waals surface area (Å²) in [5.74, 6) is 0.594. The number of aryl methyl sites for hydroxylation is 1. The fraction of sp³-hybridized carbons (Fsp3) is 0.308. The van der Waals surface area contributed by atoms with Crippen molar-refractivity contribution in [3.63, 3.8) is 0 Å². The van der Waals surface area contributed by atoms with Gasteiger partial charge in [-0.05, 0) is 48.4 Å². The zero-order valence-corrected chi connectivity index (χ0v) is 10.2. The summed E-state index contributed by atoms with van der Waals surface area (Å²) in [6.07, 6.45) is 6.43. The molecule has 4 heteroatoms. The van der Waals surface area contributed by atoms with Gasteiger partial charge in [-0.25, -0.2) is 0 Å². The largest absolute Gasteiger partial charge is 0.384 e. The number of nitrogens with one attached hydrogen (secondary N) is 1. The number of hydrogen-bond acceptors (Lipinski definition) is 2. The maximum atomic E-state index is 6.35. The molecule has 0 spiro atoms. The third-order valence-corrected chi connectivity index (χ3v) is 3.73. The van der Waals surface area contributed by atoms with Gasteiger partial charge in [0.05, 0.1) is 6.20 Å². The van der Waals surface area contributed by atoms with Gasteiger partial charge in [-0.15, -0.1) is 0 Å². The van der Waals surface area contributed by atoms with Crippen molar-refractivity contribution in [2.45, 2.75) is 25.7 Å². The average Bonchev–Trinajstić information content (AvgIpc) is 2.75. The molecule has 3 N–H and O–H groups in total. The molecule has 0 fully saturated rings. The van der Waals surface area contributed by atoms with Crippen LogP contribution in [-0.4, -0.2) is 10.2 Å². The van der Waals surface area contributed by atoms with Crippen molar-refractivity contribution in [1.82, 2.24) is 10.2 Å². The maximum Gasteiger partial charge on any atom is 0.126 e. The summed E-state index contributed by atoms with van der Waals surface area (Å²) in [6, 6.07) is 4.19. The van der Waals surface area contributed by atoms with Crippen LogP contribution in [0.1, 0.15) is 24.0 Å². The first kappa shape index (κ1) is 10.7. The number of halogens is 1. The lowest BCUT2D eigenvalue weighted by atomic mass is 9.89. The van der Waals surface area contributed by atoms with Gasteiger partial charge in [0.25, 0.3) is 0 Å². The van der Waals surface area contributed by atoms with Gasteiger partial charge in [0.1, 0.15) is 5.82 Å². The highest BCUT2D eigenvalue weighted by molar-refractivity contribution is 6.31. The van der Waals surface area contributed by atoms with E-state index in [9.17, 15) is 0 Å². The summed E-state index contributed by atoms with van der Waals surface area (Å²) in [5.41, 5.74) is 10.5. The molecule has 1 aliphatic carbocycles. The topological polar surface area (TPSA) is 54.7 Å². The van der Waals surface area contributed by atoms with Crippen LogP contribution >= 0.6 is 11.6 Å². The van der Waals surface area contributed by atoms with Crippen molar-refractivity contribution in [3.05, 3.63) is 34.5 Å². The van der Waals surface area contributed by atoms with Crippen molar-refractivity contribution >= 4 is 17.4 Å². The Morgan fingerprint density at radius 2 is 2.06 bits per heavy atom. The van der Waals surface area contributed by atoms with Crippen LogP contribution < -0.4 is 5.73 Å². The molecular weight excluding hydrogens is 234 g/mol. The van der Waals surface area contributed by atoms with E-state index in [1.807, 2.05) is 6.07 Å². The molecule has 0 bridgehead atoms. The van der Waals surface area contributed by atoms with Crippen LogP contribution in [0.25, 0.3) is 11.1 Å². The lowest BCUT2D eigenvalue weighted by Crippen LogP contribution is -2.03. The predicted molar refractivity (Wildman–Crippen MR) is 70.1 cm³/mol. The number of anilines is 1. The first-order valence-electron chi connectivity index (χ1n) is 5.86. The number of nitrogens with zero attached hydrogens (tertiary/aromatic N) is 1. The Kier molecular flexibility index (Phi) is 2.56.